The van der Waals surface area contributed by atoms with Crippen LogP contribution >= 0.6 is 0 Å². The van der Waals surface area contributed by atoms with Crippen LogP contribution in [0.25, 0.3) is 0 Å². The number of halogens is 1. The summed E-state index contributed by atoms with van der Waals surface area (Å²) in [6.07, 6.45) is 0. The Balaban J connectivity index is 2.37. The molecule has 2 aromatic rings. The molecule has 21 heavy (non-hydrogen) atoms. The van der Waals surface area contributed by atoms with Gasteiger partial charge in [0.05, 0.1) is 10.5 Å². The van der Waals surface area contributed by atoms with E-state index in [1.807, 2.05) is 0 Å². The molecule has 5 nitrogen and oxygen atoms in total. The fourth-order valence-electron chi connectivity index (χ4n) is 1.89. The Hall–Kier alpha value is -2.25. The first-order valence-electron chi connectivity index (χ1n) is 5.99. The molecule has 0 saturated heterocycles. The molecule has 1 amide bonds. The van der Waals surface area contributed by atoms with Crippen LogP contribution in [0, 0.1) is 12.7 Å². The number of rotatable bonds is 3. The minimum Gasteiger partial charge on any atom is -0.322 e. The standard InChI is InChI=1S/C14H13FN2O3S/c1-9-12(7-4-8-13(9)21(16,19)20)17-14(18)10-5-2-3-6-11(10)15/h2-8H,1H3,(H,17,18)(H2,16,19,20). The van der Waals surface area contributed by atoms with E-state index in [0.717, 1.165) is 0 Å². The third kappa shape index (κ3) is 3.26. The molecule has 0 aromatic heterocycles. The van der Waals surface area contributed by atoms with Gasteiger partial charge in [-0.1, -0.05) is 18.2 Å². The van der Waals surface area contributed by atoms with E-state index in [2.05, 4.69) is 5.32 Å². The fourth-order valence-corrected chi connectivity index (χ4v) is 2.70. The van der Waals surface area contributed by atoms with Gasteiger partial charge in [-0.2, -0.15) is 0 Å². The van der Waals surface area contributed by atoms with Crippen LogP contribution in [0.15, 0.2) is 47.4 Å². The third-order valence-corrected chi connectivity index (χ3v) is 4.01. The van der Waals surface area contributed by atoms with Crippen LogP contribution in [-0.2, 0) is 10.0 Å². The second-order valence-corrected chi connectivity index (χ2v) is 5.94. The number of carbonyl (C=O) groups excluding carboxylic acids is 1. The highest BCUT2D eigenvalue weighted by molar-refractivity contribution is 7.89. The SMILES string of the molecule is Cc1c(NC(=O)c2ccccc2F)cccc1S(N)(=O)=O. The molecule has 0 aliphatic rings. The molecule has 0 spiro atoms. The van der Waals surface area contributed by atoms with Crippen molar-refractivity contribution < 1.29 is 17.6 Å². The van der Waals surface area contributed by atoms with E-state index < -0.39 is 21.7 Å². The average molecular weight is 308 g/mol. The number of nitrogens with two attached hydrogens (primary N) is 1. The van der Waals surface area contributed by atoms with Crippen molar-refractivity contribution >= 4 is 21.6 Å². The van der Waals surface area contributed by atoms with Crippen molar-refractivity contribution in [3.8, 4) is 0 Å². The van der Waals surface area contributed by atoms with Crippen molar-refractivity contribution in [2.24, 2.45) is 5.14 Å². The molecule has 3 N–H and O–H groups in total. The van der Waals surface area contributed by atoms with Crippen LogP contribution in [0.1, 0.15) is 15.9 Å². The van der Waals surface area contributed by atoms with Crippen LogP contribution in [0.4, 0.5) is 10.1 Å². The molecule has 0 unspecified atom stereocenters. The first-order chi connectivity index (χ1) is 9.80. The van der Waals surface area contributed by atoms with Crippen LogP contribution in [0.5, 0.6) is 0 Å². The molecule has 2 aromatic carbocycles. The maximum Gasteiger partial charge on any atom is 0.258 e. The average Bonchev–Trinajstić information content (AvgIpc) is 2.40. The quantitative estimate of drug-likeness (QED) is 0.909. The van der Waals surface area contributed by atoms with Gasteiger partial charge >= 0.3 is 0 Å². The number of primary sulfonamides is 1. The van der Waals surface area contributed by atoms with Gasteiger partial charge in [0, 0.05) is 5.69 Å². The number of hydrogen-bond donors (Lipinski definition) is 2. The van der Waals surface area contributed by atoms with Crippen molar-refractivity contribution in [2.45, 2.75) is 11.8 Å². The van der Waals surface area contributed by atoms with E-state index in [9.17, 15) is 17.6 Å². The molecular weight excluding hydrogens is 295 g/mol. The van der Waals surface area contributed by atoms with Crippen LogP contribution in [0.3, 0.4) is 0 Å². The number of carbonyl (C=O) groups is 1. The monoisotopic (exact) mass is 308 g/mol. The molecule has 0 fully saturated rings. The van der Waals surface area contributed by atoms with Gasteiger partial charge in [0.25, 0.3) is 5.91 Å². The summed E-state index contributed by atoms with van der Waals surface area (Å²) in [6, 6.07) is 9.81. The Labute approximate surface area is 121 Å². The summed E-state index contributed by atoms with van der Waals surface area (Å²) in [6.45, 7) is 1.51. The summed E-state index contributed by atoms with van der Waals surface area (Å²) >= 11 is 0. The lowest BCUT2D eigenvalue weighted by atomic mass is 10.1. The van der Waals surface area contributed by atoms with Gasteiger partial charge in [0.15, 0.2) is 0 Å². The van der Waals surface area contributed by atoms with Crippen molar-refractivity contribution in [1.29, 1.82) is 0 Å². The Morgan fingerprint density at radius 1 is 1.14 bits per heavy atom. The van der Waals surface area contributed by atoms with Crippen LogP contribution < -0.4 is 10.5 Å². The molecule has 0 aliphatic heterocycles. The van der Waals surface area contributed by atoms with Gasteiger partial charge in [-0.25, -0.2) is 17.9 Å². The summed E-state index contributed by atoms with van der Waals surface area (Å²) in [7, 11) is -3.89. The van der Waals surface area contributed by atoms with E-state index in [4.69, 9.17) is 5.14 Å². The van der Waals surface area contributed by atoms with Gasteiger partial charge in [-0.15, -0.1) is 0 Å². The molecule has 7 heteroatoms. The Morgan fingerprint density at radius 3 is 2.43 bits per heavy atom. The van der Waals surface area contributed by atoms with Gasteiger partial charge in [-0.3, -0.25) is 4.79 Å². The van der Waals surface area contributed by atoms with E-state index in [1.165, 1.54) is 49.4 Å². The van der Waals surface area contributed by atoms with Gasteiger partial charge in [-0.05, 0) is 36.8 Å². The number of anilines is 1. The lowest BCUT2D eigenvalue weighted by Gasteiger charge is -2.11. The van der Waals surface area contributed by atoms with E-state index >= 15 is 0 Å². The summed E-state index contributed by atoms with van der Waals surface area (Å²) in [5.41, 5.74) is 0.428. The predicted molar refractivity (Wildman–Crippen MR) is 76.9 cm³/mol. The molecular formula is C14H13FN2O3S. The van der Waals surface area contributed by atoms with Gasteiger partial charge < -0.3 is 5.32 Å². The second-order valence-electron chi connectivity index (χ2n) is 4.41. The molecule has 0 saturated carbocycles. The summed E-state index contributed by atoms with van der Waals surface area (Å²) < 4.78 is 36.4. The maximum atomic E-state index is 13.5. The lowest BCUT2D eigenvalue weighted by Crippen LogP contribution is -2.17. The number of amides is 1. The normalized spacial score (nSPS) is 11.2. The minimum absolute atomic E-state index is 0.0890. The van der Waals surface area contributed by atoms with E-state index in [-0.39, 0.29) is 16.1 Å². The smallest absolute Gasteiger partial charge is 0.258 e. The highest BCUT2D eigenvalue weighted by Gasteiger charge is 2.16. The molecule has 2 rings (SSSR count). The van der Waals surface area contributed by atoms with Crippen LogP contribution in [0.2, 0.25) is 0 Å². The van der Waals surface area contributed by atoms with Gasteiger partial charge in [0.1, 0.15) is 5.82 Å². The molecule has 0 aliphatic carbocycles. The van der Waals surface area contributed by atoms with Crippen molar-refractivity contribution in [3.63, 3.8) is 0 Å². The largest absolute Gasteiger partial charge is 0.322 e. The first-order valence-corrected chi connectivity index (χ1v) is 7.53. The first kappa shape index (κ1) is 15.1. The molecule has 0 bridgehead atoms. The highest BCUT2D eigenvalue weighted by Crippen LogP contribution is 2.22. The fraction of sp³-hybridized carbons (Fsp3) is 0.0714. The Bertz CT molecular complexity index is 804. The third-order valence-electron chi connectivity index (χ3n) is 2.96. The number of hydrogen-bond acceptors (Lipinski definition) is 3. The zero-order valence-corrected chi connectivity index (χ0v) is 11.9. The van der Waals surface area contributed by atoms with Crippen molar-refractivity contribution in [2.75, 3.05) is 5.32 Å². The van der Waals surface area contributed by atoms with Crippen LogP contribution in [-0.4, -0.2) is 14.3 Å². The van der Waals surface area contributed by atoms with E-state index in [0.29, 0.717) is 5.56 Å². The highest BCUT2D eigenvalue weighted by atomic mass is 32.2. The van der Waals surface area contributed by atoms with E-state index in [1.54, 1.807) is 0 Å². The second kappa shape index (κ2) is 5.63. The number of sulfonamides is 1. The maximum absolute atomic E-state index is 13.5. The summed E-state index contributed by atoms with van der Waals surface area (Å²) in [5.74, 6) is -1.32. The molecule has 110 valence electrons. The lowest BCUT2D eigenvalue weighted by molar-refractivity contribution is 0.102. The molecule has 0 radical (unpaired) electrons. The molecule has 0 atom stereocenters. The zero-order chi connectivity index (χ0) is 15.6. The number of benzene rings is 2. The zero-order valence-electron chi connectivity index (χ0n) is 11.1. The summed E-state index contributed by atoms with van der Waals surface area (Å²) in [4.78, 5) is 11.9. The predicted octanol–water partition coefficient (Wildman–Crippen LogP) is 2.03. The Morgan fingerprint density at radius 2 is 1.81 bits per heavy atom. The Kier molecular flexibility index (Phi) is 4.06. The summed E-state index contributed by atoms with van der Waals surface area (Å²) in [5, 5.41) is 7.57. The topological polar surface area (TPSA) is 89.3 Å². The minimum atomic E-state index is -3.89. The number of nitrogens with one attached hydrogen (secondary N) is 1. The van der Waals surface area contributed by atoms with Gasteiger partial charge in [0.2, 0.25) is 10.0 Å². The van der Waals surface area contributed by atoms with Crippen molar-refractivity contribution in [1.82, 2.24) is 0 Å². The molecule has 0 heterocycles. The van der Waals surface area contributed by atoms with Crippen molar-refractivity contribution in [3.05, 3.63) is 59.4 Å².